The van der Waals surface area contributed by atoms with Crippen LogP contribution in [0.3, 0.4) is 0 Å². The summed E-state index contributed by atoms with van der Waals surface area (Å²) in [6, 6.07) is 10.9. The molecule has 1 heterocycles. The molecule has 3 nitrogen and oxygen atoms in total. The Bertz CT molecular complexity index is 1060. The smallest absolute Gasteiger partial charge is 0.291 e. The summed E-state index contributed by atoms with van der Waals surface area (Å²) < 4.78 is 52.5. The van der Waals surface area contributed by atoms with Gasteiger partial charge in [-0.15, -0.1) is 0 Å². The molecular weight excluding hydrogens is 404 g/mol. The average Bonchev–Trinajstić information content (AvgIpc) is 2.68. The van der Waals surface area contributed by atoms with Crippen molar-refractivity contribution in [3.63, 3.8) is 0 Å². The van der Waals surface area contributed by atoms with Gasteiger partial charge in [-0.3, -0.25) is 9.36 Å². The van der Waals surface area contributed by atoms with Crippen LogP contribution in [0.15, 0.2) is 58.5 Å². The van der Waals surface area contributed by atoms with Gasteiger partial charge in [-0.05, 0) is 42.3 Å². The Morgan fingerprint density at radius 2 is 1.59 bits per heavy atom. The fourth-order valence-corrected chi connectivity index (χ4v) is 3.77. The van der Waals surface area contributed by atoms with Crippen molar-refractivity contribution in [2.24, 2.45) is 7.05 Å². The zero-order valence-corrected chi connectivity index (χ0v) is 16.6. The number of aryl methyl sites for hydroxylation is 1. The van der Waals surface area contributed by atoms with Crippen LogP contribution < -0.4 is 5.56 Å². The maximum atomic E-state index is 13.1. The summed E-state index contributed by atoms with van der Waals surface area (Å²) in [5, 5.41) is 0.482. The van der Waals surface area contributed by atoms with E-state index in [1.54, 1.807) is 26.1 Å². The summed E-state index contributed by atoms with van der Waals surface area (Å²) in [4.78, 5) is 17.2. The normalized spacial score (nSPS) is 11.7. The van der Waals surface area contributed by atoms with E-state index in [4.69, 9.17) is 0 Å². The third kappa shape index (κ3) is 5.06. The van der Waals surface area contributed by atoms with Crippen LogP contribution >= 0.6 is 11.8 Å². The summed E-state index contributed by atoms with van der Waals surface area (Å²) in [6.45, 7) is 1.74. The topological polar surface area (TPSA) is 34.9 Å². The van der Waals surface area contributed by atoms with E-state index in [1.807, 2.05) is 0 Å². The van der Waals surface area contributed by atoms with E-state index in [9.17, 15) is 22.4 Å². The maximum Gasteiger partial charge on any atom is 0.416 e. The van der Waals surface area contributed by atoms with Gasteiger partial charge < -0.3 is 0 Å². The fourth-order valence-electron chi connectivity index (χ4n) is 2.81. The van der Waals surface area contributed by atoms with Gasteiger partial charge in [-0.2, -0.15) is 13.2 Å². The van der Waals surface area contributed by atoms with Crippen LogP contribution in [0.1, 0.15) is 27.9 Å². The Labute approximate surface area is 169 Å². The molecule has 29 heavy (non-hydrogen) atoms. The maximum absolute atomic E-state index is 13.1. The molecule has 1 aromatic heterocycles. The predicted molar refractivity (Wildman–Crippen MR) is 104 cm³/mol. The first-order chi connectivity index (χ1) is 13.6. The summed E-state index contributed by atoms with van der Waals surface area (Å²) >= 11 is 1.28. The van der Waals surface area contributed by atoms with Crippen LogP contribution in [0.25, 0.3) is 0 Å². The molecule has 0 saturated carbocycles. The Hall–Kier alpha value is -2.61. The summed E-state index contributed by atoms with van der Waals surface area (Å²) in [7, 11) is 1.61. The highest BCUT2D eigenvalue weighted by molar-refractivity contribution is 7.98. The first kappa shape index (κ1) is 21.1. The van der Waals surface area contributed by atoms with E-state index < -0.39 is 11.7 Å². The Balaban J connectivity index is 1.77. The number of nitrogens with zero attached hydrogens (tertiary/aromatic N) is 2. The minimum absolute atomic E-state index is 0.197. The van der Waals surface area contributed by atoms with Gasteiger partial charge in [0.2, 0.25) is 0 Å². The lowest BCUT2D eigenvalue weighted by molar-refractivity contribution is -0.137. The number of hydrogen-bond donors (Lipinski definition) is 0. The van der Waals surface area contributed by atoms with Gasteiger partial charge in [0.1, 0.15) is 5.82 Å². The van der Waals surface area contributed by atoms with Gasteiger partial charge in [-0.1, -0.05) is 36.0 Å². The standard InChI is InChI=1S/C21H18F4N2OS/c1-13-18(11-14-5-9-17(22)10-6-14)19(28)27(2)20(26-13)29-12-15-3-7-16(8-4-15)21(23,24)25/h3-10H,11-12H2,1-2H3. The molecular formula is C21H18F4N2OS. The van der Waals surface area contributed by atoms with Crippen molar-refractivity contribution < 1.29 is 17.6 Å². The molecule has 0 aliphatic rings. The van der Waals surface area contributed by atoms with Crippen LogP contribution in [-0.2, 0) is 25.4 Å². The van der Waals surface area contributed by atoms with Gasteiger partial charge in [0.25, 0.3) is 5.56 Å². The molecule has 0 amide bonds. The van der Waals surface area contributed by atoms with Gasteiger partial charge in [0.15, 0.2) is 5.16 Å². The molecule has 3 rings (SSSR count). The van der Waals surface area contributed by atoms with E-state index in [0.717, 1.165) is 17.7 Å². The molecule has 0 atom stereocenters. The number of thioether (sulfide) groups is 1. The number of alkyl halides is 3. The monoisotopic (exact) mass is 422 g/mol. The first-order valence-corrected chi connectivity index (χ1v) is 9.73. The Kier molecular flexibility index (Phi) is 6.12. The Morgan fingerprint density at radius 1 is 1.00 bits per heavy atom. The lowest BCUT2D eigenvalue weighted by atomic mass is 10.1. The molecule has 0 spiro atoms. The number of hydrogen-bond acceptors (Lipinski definition) is 3. The predicted octanol–water partition coefficient (Wildman–Crippen LogP) is 5.13. The van der Waals surface area contributed by atoms with E-state index in [0.29, 0.717) is 34.2 Å². The van der Waals surface area contributed by atoms with Crippen LogP contribution in [0.5, 0.6) is 0 Å². The minimum Gasteiger partial charge on any atom is -0.291 e. The minimum atomic E-state index is -4.37. The highest BCUT2D eigenvalue weighted by Gasteiger charge is 2.29. The lowest BCUT2D eigenvalue weighted by Crippen LogP contribution is -2.25. The van der Waals surface area contributed by atoms with Crippen molar-refractivity contribution in [2.45, 2.75) is 30.4 Å². The average molecular weight is 422 g/mol. The molecule has 0 bridgehead atoms. The van der Waals surface area contributed by atoms with Crippen molar-refractivity contribution in [3.8, 4) is 0 Å². The van der Waals surface area contributed by atoms with Crippen LogP contribution in [0.2, 0.25) is 0 Å². The molecule has 0 N–H and O–H groups in total. The largest absolute Gasteiger partial charge is 0.416 e. The molecule has 3 aromatic rings. The molecule has 8 heteroatoms. The van der Waals surface area contributed by atoms with Crippen molar-refractivity contribution in [1.82, 2.24) is 9.55 Å². The zero-order valence-electron chi connectivity index (χ0n) is 15.8. The highest BCUT2D eigenvalue weighted by atomic mass is 32.2. The molecule has 0 aliphatic carbocycles. The number of rotatable bonds is 5. The van der Waals surface area contributed by atoms with E-state index in [-0.39, 0.29) is 11.4 Å². The molecule has 0 radical (unpaired) electrons. The van der Waals surface area contributed by atoms with E-state index in [2.05, 4.69) is 4.98 Å². The molecule has 0 aliphatic heterocycles. The van der Waals surface area contributed by atoms with Gasteiger partial charge in [0, 0.05) is 30.5 Å². The Morgan fingerprint density at radius 3 is 2.17 bits per heavy atom. The number of benzene rings is 2. The van der Waals surface area contributed by atoms with Crippen molar-refractivity contribution in [3.05, 3.63) is 92.6 Å². The third-order valence-corrected chi connectivity index (χ3v) is 5.59. The zero-order chi connectivity index (χ0) is 21.2. The molecule has 0 saturated heterocycles. The fraction of sp³-hybridized carbons (Fsp3) is 0.238. The number of aromatic nitrogens is 2. The number of halogens is 4. The third-order valence-electron chi connectivity index (χ3n) is 4.49. The van der Waals surface area contributed by atoms with E-state index >= 15 is 0 Å². The SMILES string of the molecule is Cc1nc(SCc2ccc(C(F)(F)F)cc2)n(C)c(=O)c1Cc1ccc(F)cc1. The van der Waals surface area contributed by atoms with Crippen molar-refractivity contribution in [2.75, 3.05) is 0 Å². The van der Waals surface area contributed by atoms with Crippen LogP contribution in [0.4, 0.5) is 17.6 Å². The second-order valence-corrected chi connectivity index (χ2v) is 7.55. The quantitative estimate of drug-likeness (QED) is 0.325. The van der Waals surface area contributed by atoms with Crippen molar-refractivity contribution in [1.29, 1.82) is 0 Å². The molecule has 0 fully saturated rings. The summed E-state index contributed by atoms with van der Waals surface area (Å²) in [5.41, 5.74) is 1.71. The van der Waals surface area contributed by atoms with Crippen LogP contribution in [0, 0.1) is 12.7 Å². The molecule has 0 unspecified atom stereocenters. The van der Waals surface area contributed by atoms with Gasteiger partial charge in [0.05, 0.1) is 5.56 Å². The van der Waals surface area contributed by atoms with Gasteiger partial charge in [-0.25, -0.2) is 9.37 Å². The highest BCUT2D eigenvalue weighted by Crippen LogP contribution is 2.30. The van der Waals surface area contributed by atoms with Crippen molar-refractivity contribution >= 4 is 11.8 Å². The summed E-state index contributed by atoms with van der Waals surface area (Å²) in [6.07, 6.45) is -4.02. The van der Waals surface area contributed by atoms with E-state index in [1.165, 1.54) is 40.6 Å². The second-order valence-electron chi connectivity index (χ2n) is 6.61. The molecule has 2 aromatic carbocycles. The lowest BCUT2D eigenvalue weighted by Gasteiger charge is -2.12. The summed E-state index contributed by atoms with van der Waals surface area (Å²) in [5.74, 6) is 0.0429. The first-order valence-electron chi connectivity index (χ1n) is 8.75. The van der Waals surface area contributed by atoms with Gasteiger partial charge >= 0.3 is 6.18 Å². The van der Waals surface area contributed by atoms with Crippen LogP contribution in [-0.4, -0.2) is 9.55 Å². The molecule has 152 valence electrons. The second kappa shape index (κ2) is 8.41.